The molecule has 1 saturated carbocycles. The van der Waals surface area contributed by atoms with Crippen LogP contribution in [-0.4, -0.2) is 18.1 Å². The molecule has 0 spiro atoms. The van der Waals surface area contributed by atoms with Gasteiger partial charge in [-0.25, -0.2) is 0 Å². The van der Waals surface area contributed by atoms with Crippen molar-refractivity contribution < 1.29 is 27.8 Å². The van der Waals surface area contributed by atoms with Crippen molar-refractivity contribution in [2.24, 2.45) is 0 Å². The topological polar surface area (TPSA) is 50.7 Å². The minimum absolute atomic E-state index is 0.110. The number of halogens is 3. The van der Waals surface area contributed by atoms with Crippen molar-refractivity contribution in [1.29, 1.82) is 0 Å². The molecule has 0 bridgehead atoms. The molecule has 1 fully saturated rings. The van der Waals surface area contributed by atoms with Gasteiger partial charge in [-0.05, 0) is 78.6 Å². The highest BCUT2D eigenvalue weighted by Crippen LogP contribution is 2.41. The number of aliphatic hydroxyl groups is 1. The third-order valence-corrected chi connectivity index (χ3v) is 5.98. The van der Waals surface area contributed by atoms with Crippen molar-refractivity contribution in [2.45, 2.75) is 51.6 Å². The second-order valence-corrected chi connectivity index (χ2v) is 7.98. The Labute approximate surface area is 185 Å². The van der Waals surface area contributed by atoms with Gasteiger partial charge in [-0.15, -0.1) is 13.2 Å². The van der Waals surface area contributed by atoms with Crippen molar-refractivity contribution in [3.8, 4) is 22.6 Å². The van der Waals surface area contributed by atoms with E-state index >= 15 is 0 Å². The average Bonchev–Trinajstić information content (AvgIpc) is 2.74. The minimum atomic E-state index is -4.73. The first kappa shape index (κ1) is 22.3. The number of alkyl halides is 3. The molecule has 7 heteroatoms. The van der Waals surface area contributed by atoms with E-state index in [-0.39, 0.29) is 12.4 Å². The van der Waals surface area contributed by atoms with E-state index in [2.05, 4.69) is 16.6 Å². The van der Waals surface area contributed by atoms with Crippen LogP contribution in [0, 0.1) is 0 Å². The molecule has 4 nitrogen and oxygen atoms in total. The summed E-state index contributed by atoms with van der Waals surface area (Å²) in [6, 6.07) is 7.74. The third-order valence-electron chi connectivity index (χ3n) is 5.98. The van der Waals surface area contributed by atoms with Crippen LogP contribution < -0.4 is 14.8 Å². The van der Waals surface area contributed by atoms with Crippen LogP contribution in [0.25, 0.3) is 11.1 Å². The lowest BCUT2D eigenvalue weighted by molar-refractivity contribution is -0.274. The Morgan fingerprint density at radius 3 is 2.50 bits per heavy atom. The van der Waals surface area contributed by atoms with Gasteiger partial charge < -0.3 is 19.9 Å². The second kappa shape index (κ2) is 9.28. The lowest BCUT2D eigenvalue weighted by Crippen LogP contribution is -2.19. The van der Waals surface area contributed by atoms with Crippen molar-refractivity contribution in [2.75, 3.05) is 6.61 Å². The van der Waals surface area contributed by atoms with E-state index in [4.69, 9.17) is 4.74 Å². The van der Waals surface area contributed by atoms with Crippen molar-refractivity contribution in [1.82, 2.24) is 5.32 Å². The maximum atomic E-state index is 12.5. The first-order valence-electron chi connectivity index (χ1n) is 10.8. The number of hydrogen-bond donors (Lipinski definition) is 2. The van der Waals surface area contributed by atoms with Gasteiger partial charge in [-0.2, -0.15) is 0 Å². The summed E-state index contributed by atoms with van der Waals surface area (Å²) in [6.07, 6.45) is 2.03. The minimum Gasteiger partial charge on any atom is -0.493 e. The van der Waals surface area contributed by atoms with Gasteiger partial charge in [0.05, 0.1) is 13.2 Å². The Balaban J connectivity index is 1.70. The number of allylic oxidation sites excluding steroid dienone is 2. The van der Waals surface area contributed by atoms with Crippen molar-refractivity contribution >= 4 is 0 Å². The fourth-order valence-electron chi connectivity index (χ4n) is 4.23. The molecule has 0 aromatic heterocycles. The predicted octanol–water partition coefficient (Wildman–Crippen LogP) is 5.78. The molecule has 2 aromatic rings. The van der Waals surface area contributed by atoms with Gasteiger partial charge in [0, 0.05) is 23.4 Å². The standard InChI is InChI=1S/C25H26F3NO3/c1-2-23(17-5-3-6-17)29-14-18-13-21(24-20(22(18)15-30)7-4-12-31-24)16-8-10-19(11-9-16)32-25(26,27)28/h2,8-11,13,29-30H,1,3-7,12,14-15H2. The maximum Gasteiger partial charge on any atom is 0.573 e. The SMILES string of the molecule is C=CC(NCc1cc(-c2ccc(OC(F)(F)F)cc2)c2c(c1CO)CCCO2)=C1CCC1. The van der Waals surface area contributed by atoms with E-state index in [0.29, 0.717) is 18.9 Å². The summed E-state index contributed by atoms with van der Waals surface area (Å²) in [5, 5.41) is 13.6. The van der Waals surface area contributed by atoms with Crippen LogP contribution in [0.15, 0.2) is 54.3 Å². The van der Waals surface area contributed by atoms with Crippen LogP contribution in [0.1, 0.15) is 42.4 Å². The van der Waals surface area contributed by atoms with Gasteiger partial charge in [0.25, 0.3) is 0 Å². The lowest BCUT2D eigenvalue weighted by atomic mass is 9.89. The van der Waals surface area contributed by atoms with E-state index in [1.807, 2.05) is 12.1 Å². The normalized spacial score (nSPS) is 15.3. The van der Waals surface area contributed by atoms with Crippen molar-refractivity contribution in [3.63, 3.8) is 0 Å². The Bertz CT molecular complexity index is 1020. The summed E-state index contributed by atoms with van der Waals surface area (Å²) in [5.41, 5.74) is 6.64. The molecule has 0 atom stereocenters. The van der Waals surface area contributed by atoms with Gasteiger partial charge in [0.15, 0.2) is 0 Å². The summed E-state index contributed by atoms with van der Waals surface area (Å²) in [5.74, 6) is 0.419. The molecule has 0 radical (unpaired) electrons. The number of aliphatic hydroxyl groups excluding tert-OH is 1. The highest BCUT2D eigenvalue weighted by Gasteiger charge is 2.31. The largest absolute Gasteiger partial charge is 0.573 e. The van der Waals surface area contributed by atoms with E-state index in [9.17, 15) is 18.3 Å². The van der Waals surface area contributed by atoms with Gasteiger partial charge in [-0.1, -0.05) is 18.7 Å². The van der Waals surface area contributed by atoms with E-state index < -0.39 is 6.36 Å². The number of rotatable bonds is 7. The molecule has 0 unspecified atom stereocenters. The van der Waals surface area contributed by atoms with Gasteiger partial charge in [0.2, 0.25) is 0 Å². The number of ether oxygens (including phenoxy) is 2. The fourth-order valence-corrected chi connectivity index (χ4v) is 4.23. The molecule has 1 aliphatic heterocycles. The monoisotopic (exact) mass is 445 g/mol. The van der Waals surface area contributed by atoms with Crippen LogP contribution in [0.2, 0.25) is 0 Å². The van der Waals surface area contributed by atoms with Crippen LogP contribution in [0.3, 0.4) is 0 Å². The Hall–Kier alpha value is -2.93. The third kappa shape index (κ3) is 4.78. The van der Waals surface area contributed by atoms with Gasteiger partial charge in [0.1, 0.15) is 11.5 Å². The van der Waals surface area contributed by atoms with Gasteiger partial charge >= 0.3 is 6.36 Å². The number of nitrogens with one attached hydrogen (secondary N) is 1. The van der Waals surface area contributed by atoms with Crippen LogP contribution in [0.4, 0.5) is 13.2 Å². The molecule has 0 saturated heterocycles. The summed E-state index contributed by atoms with van der Waals surface area (Å²) < 4.78 is 47.5. The van der Waals surface area contributed by atoms with E-state index in [1.165, 1.54) is 24.1 Å². The van der Waals surface area contributed by atoms with Crippen LogP contribution in [-0.2, 0) is 19.6 Å². The Kier molecular flexibility index (Phi) is 6.46. The second-order valence-electron chi connectivity index (χ2n) is 7.98. The Morgan fingerprint density at radius 2 is 1.91 bits per heavy atom. The molecule has 1 aliphatic carbocycles. The smallest absolute Gasteiger partial charge is 0.493 e. The summed E-state index contributed by atoms with van der Waals surface area (Å²) in [4.78, 5) is 0. The van der Waals surface area contributed by atoms with E-state index in [0.717, 1.165) is 59.2 Å². The summed E-state index contributed by atoms with van der Waals surface area (Å²) in [6.45, 7) is 4.87. The molecule has 2 aromatic carbocycles. The first-order valence-corrected chi connectivity index (χ1v) is 10.8. The number of hydrogen-bond acceptors (Lipinski definition) is 4. The molecule has 1 heterocycles. The highest BCUT2D eigenvalue weighted by atomic mass is 19.4. The van der Waals surface area contributed by atoms with Crippen LogP contribution >= 0.6 is 0 Å². The quantitative estimate of drug-likeness (QED) is 0.567. The zero-order valence-corrected chi connectivity index (χ0v) is 17.7. The summed E-state index contributed by atoms with van der Waals surface area (Å²) in [7, 11) is 0. The van der Waals surface area contributed by atoms with Crippen molar-refractivity contribution in [3.05, 3.63) is 70.9 Å². The predicted molar refractivity (Wildman–Crippen MR) is 116 cm³/mol. The zero-order chi connectivity index (χ0) is 22.7. The first-order chi connectivity index (χ1) is 15.4. The zero-order valence-electron chi connectivity index (χ0n) is 17.7. The molecule has 4 rings (SSSR count). The van der Waals surface area contributed by atoms with Crippen LogP contribution in [0.5, 0.6) is 11.5 Å². The van der Waals surface area contributed by atoms with E-state index in [1.54, 1.807) is 12.1 Å². The highest BCUT2D eigenvalue weighted by molar-refractivity contribution is 5.75. The molecular formula is C25H26F3NO3. The summed E-state index contributed by atoms with van der Waals surface area (Å²) >= 11 is 0. The lowest BCUT2D eigenvalue weighted by Gasteiger charge is -2.26. The Morgan fingerprint density at radius 1 is 1.16 bits per heavy atom. The average molecular weight is 445 g/mol. The maximum absolute atomic E-state index is 12.5. The molecule has 32 heavy (non-hydrogen) atoms. The molecule has 2 aliphatic rings. The fraction of sp³-hybridized carbons (Fsp3) is 0.360. The molecular weight excluding hydrogens is 419 g/mol. The van der Waals surface area contributed by atoms with Gasteiger partial charge in [-0.3, -0.25) is 0 Å². The molecule has 2 N–H and O–H groups in total. The number of fused-ring (bicyclic) bond motifs is 1. The molecule has 170 valence electrons. The number of benzene rings is 2. The molecule has 0 amide bonds.